The molecule has 0 radical (unpaired) electrons. The summed E-state index contributed by atoms with van der Waals surface area (Å²) in [5.74, 6) is 2.58. The van der Waals surface area contributed by atoms with E-state index in [1.807, 2.05) is 19.3 Å². The molecule has 0 atom stereocenters. The van der Waals surface area contributed by atoms with E-state index in [9.17, 15) is 0 Å². The summed E-state index contributed by atoms with van der Waals surface area (Å²) in [5, 5.41) is 6.69. The van der Waals surface area contributed by atoms with Crippen molar-refractivity contribution in [2.24, 2.45) is 10.9 Å². The molecule has 0 aliphatic heterocycles. The highest BCUT2D eigenvalue weighted by atomic mass is 16.5. The van der Waals surface area contributed by atoms with Crippen LogP contribution in [0.15, 0.2) is 17.4 Å². The molecule has 24 heavy (non-hydrogen) atoms. The molecule has 0 aliphatic carbocycles. The third-order valence-electron chi connectivity index (χ3n) is 3.55. The average molecular weight is 338 g/mol. The maximum absolute atomic E-state index is 5.58. The van der Waals surface area contributed by atoms with Gasteiger partial charge >= 0.3 is 0 Å². The van der Waals surface area contributed by atoms with Gasteiger partial charge in [-0.25, -0.2) is 4.98 Å². The molecule has 0 unspecified atom stereocenters. The number of nitrogens with one attached hydrogen (secondary N) is 2. The minimum atomic E-state index is 0.596. The number of hydrogen-bond donors (Lipinski definition) is 2. The second kappa shape index (κ2) is 12.8. The molecule has 0 bridgehead atoms. The smallest absolute Gasteiger partial charge is 0.191 e. The molecule has 1 aromatic heterocycles. The summed E-state index contributed by atoms with van der Waals surface area (Å²) >= 11 is 0. The molecule has 0 aliphatic rings. The van der Waals surface area contributed by atoms with E-state index in [1.54, 1.807) is 0 Å². The van der Waals surface area contributed by atoms with E-state index in [0.29, 0.717) is 5.92 Å². The highest BCUT2D eigenvalue weighted by molar-refractivity contribution is 5.79. The molecular weight excluding hydrogens is 302 g/mol. The van der Waals surface area contributed by atoms with E-state index < -0.39 is 0 Å². The van der Waals surface area contributed by atoms with Crippen molar-refractivity contribution in [1.82, 2.24) is 20.2 Å². The van der Waals surface area contributed by atoms with Gasteiger partial charge in [-0.15, -0.1) is 0 Å². The second-order valence-electron chi connectivity index (χ2n) is 6.38. The summed E-state index contributed by atoms with van der Waals surface area (Å²) in [7, 11) is 0. The zero-order chi connectivity index (χ0) is 17.6. The van der Waals surface area contributed by atoms with Crippen LogP contribution in [-0.4, -0.2) is 48.4 Å². The minimum Gasteiger partial charge on any atom is -0.381 e. The Morgan fingerprint density at radius 1 is 1.29 bits per heavy atom. The Morgan fingerprint density at radius 3 is 2.79 bits per heavy atom. The molecule has 1 heterocycles. The lowest BCUT2D eigenvalue weighted by atomic mass is 10.2. The fourth-order valence-corrected chi connectivity index (χ4v) is 2.27. The van der Waals surface area contributed by atoms with Gasteiger partial charge in [-0.05, 0) is 39.0 Å². The van der Waals surface area contributed by atoms with E-state index >= 15 is 0 Å². The number of nitrogens with zero attached hydrogens (tertiary/aromatic N) is 3. The van der Waals surface area contributed by atoms with Crippen LogP contribution >= 0.6 is 0 Å². The van der Waals surface area contributed by atoms with Crippen LogP contribution in [0.3, 0.4) is 0 Å². The van der Waals surface area contributed by atoms with Crippen LogP contribution in [0.5, 0.6) is 0 Å². The van der Waals surface area contributed by atoms with Crippen LogP contribution < -0.4 is 10.6 Å². The topological polar surface area (TPSA) is 63.5 Å². The van der Waals surface area contributed by atoms with Gasteiger partial charge in [0.1, 0.15) is 5.82 Å². The van der Waals surface area contributed by atoms with Crippen molar-refractivity contribution in [2.75, 3.05) is 32.8 Å². The van der Waals surface area contributed by atoms with E-state index in [0.717, 1.165) is 70.4 Å². The third-order valence-corrected chi connectivity index (χ3v) is 3.55. The molecule has 0 spiro atoms. The Kier molecular flexibility index (Phi) is 10.9. The monoisotopic (exact) mass is 337 g/mol. The van der Waals surface area contributed by atoms with Crippen molar-refractivity contribution < 1.29 is 4.74 Å². The van der Waals surface area contributed by atoms with Crippen molar-refractivity contribution in [3.8, 4) is 0 Å². The van der Waals surface area contributed by atoms with Gasteiger partial charge in [0.25, 0.3) is 0 Å². The van der Waals surface area contributed by atoms with Gasteiger partial charge in [-0.1, -0.05) is 13.8 Å². The Balaban J connectivity index is 2.13. The minimum absolute atomic E-state index is 0.596. The van der Waals surface area contributed by atoms with E-state index in [4.69, 9.17) is 4.74 Å². The number of aliphatic imine (C=N–C) groups is 1. The van der Waals surface area contributed by atoms with E-state index in [2.05, 4.69) is 45.9 Å². The summed E-state index contributed by atoms with van der Waals surface area (Å²) in [6.45, 7) is 13.7. The average Bonchev–Trinajstić information content (AvgIpc) is 2.95. The normalized spacial score (nSPS) is 12.0. The van der Waals surface area contributed by atoms with Crippen LogP contribution in [0.25, 0.3) is 0 Å². The van der Waals surface area contributed by atoms with Crippen molar-refractivity contribution in [2.45, 2.75) is 53.5 Å². The number of aromatic nitrogens is 2. The molecule has 0 aromatic carbocycles. The highest BCUT2D eigenvalue weighted by Gasteiger charge is 1.99. The Bertz CT molecular complexity index is 456. The lowest BCUT2D eigenvalue weighted by molar-refractivity contribution is 0.109. The summed E-state index contributed by atoms with van der Waals surface area (Å²) < 4.78 is 7.77. The van der Waals surface area contributed by atoms with Crippen molar-refractivity contribution >= 4 is 5.96 Å². The number of guanidine groups is 1. The number of rotatable bonds is 12. The molecule has 0 saturated heterocycles. The number of ether oxygens (including phenoxy) is 1. The molecule has 0 saturated carbocycles. The van der Waals surface area contributed by atoms with Crippen LogP contribution in [0.2, 0.25) is 0 Å². The predicted octanol–water partition coefficient (Wildman–Crippen LogP) is 2.59. The van der Waals surface area contributed by atoms with Crippen LogP contribution in [0.4, 0.5) is 0 Å². The first-order valence-electron chi connectivity index (χ1n) is 9.21. The summed E-state index contributed by atoms with van der Waals surface area (Å²) in [6, 6.07) is 0. The van der Waals surface area contributed by atoms with E-state index in [1.165, 1.54) is 0 Å². The van der Waals surface area contributed by atoms with Gasteiger partial charge in [-0.3, -0.25) is 4.99 Å². The predicted molar refractivity (Wildman–Crippen MR) is 100 cm³/mol. The Labute approximate surface area is 147 Å². The third kappa shape index (κ3) is 9.55. The highest BCUT2D eigenvalue weighted by Crippen LogP contribution is 1.99. The molecule has 2 N–H and O–H groups in total. The molecule has 6 nitrogen and oxygen atoms in total. The fraction of sp³-hybridized carbons (Fsp3) is 0.778. The van der Waals surface area contributed by atoms with Gasteiger partial charge in [-0.2, -0.15) is 0 Å². The van der Waals surface area contributed by atoms with Gasteiger partial charge < -0.3 is 19.9 Å². The van der Waals surface area contributed by atoms with Crippen molar-refractivity contribution in [3.63, 3.8) is 0 Å². The number of imidazole rings is 1. The number of unbranched alkanes of at least 4 members (excludes halogenated alkanes) is 1. The SMILES string of the molecule is CCNC(=NCCCOCC(C)C)NCCCCn1ccnc1C. The summed E-state index contributed by atoms with van der Waals surface area (Å²) in [4.78, 5) is 8.83. The van der Waals surface area contributed by atoms with Crippen LogP contribution in [0, 0.1) is 12.8 Å². The Morgan fingerprint density at radius 2 is 2.12 bits per heavy atom. The van der Waals surface area contributed by atoms with Crippen LogP contribution in [-0.2, 0) is 11.3 Å². The molecule has 1 aromatic rings. The quantitative estimate of drug-likeness (QED) is 0.350. The van der Waals surface area contributed by atoms with Gasteiger partial charge in [0, 0.05) is 51.8 Å². The molecule has 138 valence electrons. The lowest BCUT2D eigenvalue weighted by Crippen LogP contribution is -2.38. The van der Waals surface area contributed by atoms with Crippen molar-refractivity contribution in [3.05, 3.63) is 18.2 Å². The Hall–Kier alpha value is -1.56. The van der Waals surface area contributed by atoms with E-state index in [-0.39, 0.29) is 0 Å². The molecule has 0 amide bonds. The second-order valence-corrected chi connectivity index (χ2v) is 6.38. The number of aryl methyl sites for hydroxylation is 2. The summed E-state index contributed by atoms with van der Waals surface area (Å²) in [6.07, 6.45) is 7.10. The molecule has 6 heteroatoms. The van der Waals surface area contributed by atoms with Gasteiger partial charge in [0.2, 0.25) is 0 Å². The first-order valence-corrected chi connectivity index (χ1v) is 9.21. The molecule has 0 fully saturated rings. The maximum atomic E-state index is 5.58. The largest absolute Gasteiger partial charge is 0.381 e. The van der Waals surface area contributed by atoms with Crippen LogP contribution in [0.1, 0.15) is 45.9 Å². The molecule has 1 rings (SSSR count). The zero-order valence-corrected chi connectivity index (χ0v) is 15.8. The number of hydrogen-bond acceptors (Lipinski definition) is 3. The maximum Gasteiger partial charge on any atom is 0.191 e. The summed E-state index contributed by atoms with van der Waals surface area (Å²) in [5.41, 5.74) is 0. The standard InChI is InChI=1S/C18H35N5O/c1-5-19-18(22-10-8-14-24-15-16(2)3)21-9-6-7-12-23-13-11-20-17(23)4/h11,13,16H,5-10,12,14-15H2,1-4H3,(H2,19,21,22). The first-order chi connectivity index (χ1) is 11.6. The van der Waals surface area contributed by atoms with Gasteiger partial charge in [0.05, 0.1) is 0 Å². The van der Waals surface area contributed by atoms with Crippen molar-refractivity contribution in [1.29, 1.82) is 0 Å². The first kappa shape index (κ1) is 20.5. The fourth-order valence-electron chi connectivity index (χ4n) is 2.27. The van der Waals surface area contributed by atoms with Gasteiger partial charge in [0.15, 0.2) is 5.96 Å². The molecular formula is C18H35N5O. The lowest BCUT2D eigenvalue weighted by Gasteiger charge is -2.12. The zero-order valence-electron chi connectivity index (χ0n) is 15.8.